The molecule has 0 aromatic heterocycles. The van der Waals surface area contributed by atoms with Crippen molar-refractivity contribution in [3.8, 4) is 0 Å². The van der Waals surface area contributed by atoms with Crippen molar-refractivity contribution < 1.29 is 4.79 Å². The fraction of sp³-hybridized carbons (Fsp3) is 0.235. The van der Waals surface area contributed by atoms with E-state index in [-0.39, 0.29) is 5.91 Å². The number of rotatable bonds is 3. The van der Waals surface area contributed by atoms with Crippen LogP contribution < -0.4 is 5.32 Å². The minimum atomic E-state index is -0.0470. The maximum absolute atomic E-state index is 11.1. The molecular formula is C17H18ClNO. The molecule has 0 radical (unpaired) electrons. The second-order valence-corrected chi connectivity index (χ2v) is 5.51. The van der Waals surface area contributed by atoms with Crippen molar-refractivity contribution in [2.45, 2.75) is 27.2 Å². The lowest BCUT2D eigenvalue weighted by molar-refractivity contribution is -0.114. The van der Waals surface area contributed by atoms with Gasteiger partial charge in [0.1, 0.15) is 0 Å². The van der Waals surface area contributed by atoms with Gasteiger partial charge in [-0.15, -0.1) is 0 Å². The lowest BCUT2D eigenvalue weighted by atomic mass is 9.95. The van der Waals surface area contributed by atoms with Crippen LogP contribution in [0.15, 0.2) is 36.4 Å². The number of anilines is 1. The van der Waals surface area contributed by atoms with E-state index in [2.05, 4.69) is 19.2 Å². The fourth-order valence-electron chi connectivity index (χ4n) is 2.35. The Morgan fingerprint density at radius 2 is 1.65 bits per heavy atom. The summed E-state index contributed by atoms with van der Waals surface area (Å²) in [5.41, 5.74) is 5.74. The van der Waals surface area contributed by atoms with Crippen LogP contribution in [0.4, 0.5) is 5.69 Å². The highest BCUT2D eigenvalue weighted by Gasteiger charge is 2.07. The van der Waals surface area contributed by atoms with E-state index >= 15 is 0 Å². The summed E-state index contributed by atoms with van der Waals surface area (Å²) >= 11 is 5.91. The van der Waals surface area contributed by atoms with Crippen LogP contribution in [0, 0.1) is 13.8 Å². The molecule has 0 saturated heterocycles. The molecule has 20 heavy (non-hydrogen) atoms. The first-order chi connectivity index (χ1) is 9.45. The van der Waals surface area contributed by atoms with Crippen LogP contribution >= 0.6 is 11.6 Å². The molecule has 0 unspecified atom stereocenters. The van der Waals surface area contributed by atoms with E-state index in [4.69, 9.17) is 11.6 Å². The SMILES string of the molecule is CC(=O)Nc1cc(C)c(Cc2ccc(Cl)cc2)c(C)c1. The highest BCUT2D eigenvalue weighted by Crippen LogP contribution is 2.23. The third-order valence-electron chi connectivity index (χ3n) is 3.31. The number of carbonyl (C=O) groups is 1. The van der Waals surface area contributed by atoms with Gasteiger partial charge < -0.3 is 5.32 Å². The second kappa shape index (κ2) is 6.10. The van der Waals surface area contributed by atoms with Crippen molar-refractivity contribution >= 4 is 23.2 Å². The summed E-state index contributed by atoms with van der Waals surface area (Å²) in [6, 6.07) is 11.9. The first-order valence-electron chi connectivity index (χ1n) is 6.58. The predicted molar refractivity (Wildman–Crippen MR) is 84.5 cm³/mol. The summed E-state index contributed by atoms with van der Waals surface area (Å²) in [7, 11) is 0. The molecule has 3 heteroatoms. The minimum absolute atomic E-state index is 0.0470. The summed E-state index contributed by atoms with van der Waals surface area (Å²) < 4.78 is 0. The van der Waals surface area contributed by atoms with Crippen molar-refractivity contribution in [1.29, 1.82) is 0 Å². The van der Waals surface area contributed by atoms with Gasteiger partial charge in [0.15, 0.2) is 0 Å². The molecule has 2 nitrogen and oxygen atoms in total. The molecule has 0 aliphatic heterocycles. The van der Waals surface area contributed by atoms with Gasteiger partial charge in [0, 0.05) is 17.6 Å². The lowest BCUT2D eigenvalue weighted by Gasteiger charge is -2.13. The molecule has 0 aliphatic carbocycles. The van der Waals surface area contributed by atoms with Gasteiger partial charge in [-0.05, 0) is 66.8 Å². The van der Waals surface area contributed by atoms with Crippen LogP contribution in [0.25, 0.3) is 0 Å². The molecule has 0 aliphatic rings. The molecule has 2 aromatic rings. The maximum Gasteiger partial charge on any atom is 0.221 e. The quantitative estimate of drug-likeness (QED) is 0.884. The third kappa shape index (κ3) is 3.61. The Hall–Kier alpha value is -1.80. The van der Waals surface area contributed by atoms with Gasteiger partial charge in [-0.1, -0.05) is 23.7 Å². The predicted octanol–water partition coefficient (Wildman–Crippen LogP) is 4.51. The Balaban J connectivity index is 2.28. The van der Waals surface area contributed by atoms with E-state index in [9.17, 15) is 4.79 Å². The number of aryl methyl sites for hydroxylation is 2. The Bertz CT molecular complexity index is 609. The van der Waals surface area contributed by atoms with Crippen LogP contribution in [-0.4, -0.2) is 5.91 Å². The number of hydrogen-bond acceptors (Lipinski definition) is 1. The number of benzene rings is 2. The average molecular weight is 288 g/mol. The number of nitrogens with one attached hydrogen (secondary N) is 1. The van der Waals surface area contributed by atoms with Crippen LogP contribution in [0.2, 0.25) is 5.02 Å². The average Bonchev–Trinajstić information content (AvgIpc) is 2.35. The van der Waals surface area contributed by atoms with Gasteiger partial charge in [0.2, 0.25) is 5.91 Å². The van der Waals surface area contributed by atoms with Crippen LogP contribution in [-0.2, 0) is 11.2 Å². The standard InChI is InChI=1S/C17H18ClNO/c1-11-8-16(19-13(3)20)9-12(2)17(11)10-14-4-6-15(18)7-5-14/h4-9H,10H2,1-3H3,(H,19,20). The summed E-state index contributed by atoms with van der Waals surface area (Å²) in [5.74, 6) is -0.0470. The largest absolute Gasteiger partial charge is 0.326 e. The zero-order valence-electron chi connectivity index (χ0n) is 12.0. The van der Waals surface area contributed by atoms with Crippen molar-refractivity contribution in [1.82, 2.24) is 0 Å². The highest BCUT2D eigenvalue weighted by molar-refractivity contribution is 6.30. The zero-order chi connectivity index (χ0) is 14.7. The maximum atomic E-state index is 11.1. The number of halogens is 1. The van der Waals surface area contributed by atoms with Crippen LogP contribution in [0.5, 0.6) is 0 Å². The second-order valence-electron chi connectivity index (χ2n) is 5.07. The molecule has 2 rings (SSSR count). The van der Waals surface area contributed by atoms with Crippen molar-refractivity contribution in [2.75, 3.05) is 5.32 Å². The van der Waals surface area contributed by atoms with Gasteiger partial charge in [0.25, 0.3) is 0 Å². The van der Waals surface area contributed by atoms with Gasteiger partial charge in [-0.2, -0.15) is 0 Å². The highest BCUT2D eigenvalue weighted by atomic mass is 35.5. The molecule has 0 spiro atoms. The van der Waals surface area contributed by atoms with Gasteiger partial charge >= 0.3 is 0 Å². The van der Waals surface area contributed by atoms with Crippen molar-refractivity contribution in [2.24, 2.45) is 0 Å². The molecule has 1 amide bonds. The van der Waals surface area contributed by atoms with E-state index < -0.39 is 0 Å². The van der Waals surface area contributed by atoms with Gasteiger partial charge in [-0.3, -0.25) is 4.79 Å². The first kappa shape index (κ1) is 14.6. The third-order valence-corrected chi connectivity index (χ3v) is 3.56. The minimum Gasteiger partial charge on any atom is -0.326 e. The Labute approximate surface area is 124 Å². The van der Waals surface area contributed by atoms with E-state index in [0.29, 0.717) is 0 Å². The number of hydrogen-bond donors (Lipinski definition) is 1. The van der Waals surface area contributed by atoms with Gasteiger partial charge in [0.05, 0.1) is 0 Å². The molecule has 0 saturated carbocycles. The van der Waals surface area contributed by atoms with E-state index in [1.54, 1.807) is 0 Å². The molecule has 0 fully saturated rings. The molecular weight excluding hydrogens is 270 g/mol. The normalized spacial score (nSPS) is 10.4. The van der Waals surface area contributed by atoms with E-state index in [1.165, 1.54) is 29.2 Å². The Morgan fingerprint density at radius 3 is 2.15 bits per heavy atom. The molecule has 104 valence electrons. The van der Waals surface area contributed by atoms with Crippen LogP contribution in [0.1, 0.15) is 29.2 Å². The smallest absolute Gasteiger partial charge is 0.221 e. The van der Waals surface area contributed by atoms with E-state index in [1.807, 2.05) is 36.4 Å². The first-order valence-corrected chi connectivity index (χ1v) is 6.95. The molecule has 1 N–H and O–H groups in total. The number of carbonyl (C=O) groups excluding carboxylic acids is 1. The van der Waals surface area contributed by atoms with Crippen molar-refractivity contribution in [3.05, 3.63) is 63.7 Å². The fourth-order valence-corrected chi connectivity index (χ4v) is 2.48. The molecule has 0 heterocycles. The Morgan fingerprint density at radius 1 is 1.10 bits per heavy atom. The topological polar surface area (TPSA) is 29.1 Å². The number of amides is 1. The molecule has 0 atom stereocenters. The lowest BCUT2D eigenvalue weighted by Crippen LogP contribution is -2.07. The molecule has 0 bridgehead atoms. The van der Waals surface area contributed by atoms with Crippen molar-refractivity contribution in [3.63, 3.8) is 0 Å². The summed E-state index contributed by atoms with van der Waals surface area (Å²) in [5, 5.41) is 3.58. The monoisotopic (exact) mass is 287 g/mol. The summed E-state index contributed by atoms with van der Waals surface area (Å²) in [6.07, 6.45) is 0.870. The molecule has 2 aromatic carbocycles. The van der Waals surface area contributed by atoms with Crippen LogP contribution in [0.3, 0.4) is 0 Å². The van der Waals surface area contributed by atoms with E-state index in [0.717, 1.165) is 17.1 Å². The Kier molecular flexibility index (Phi) is 4.46. The zero-order valence-corrected chi connectivity index (χ0v) is 12.7. The summed E-state index contributed by atoms with van der Waals surface area (Å²) in [4.78, 5) is 11.1. The van der Waals surface area contributed by atoms with Gasteiger partial charge in [-0.25, -0.2) is 0 Å². The summed E-state index contributed by atoms with van der Waals surface area (Å²) in [6.45, 7) is 5.67.